The van der Waals surface area contributed by atoms with Gasteiger partial charge in [-0.1, -0.05) is 0 Å². The summed E-state index contributed by atoms with van der Waals surface area (Å²) in [5, 5.41) is 20.5. The number of rotatable bonds is 5. The molecule has 1 amide bonds. The standard InChI is InChI=1S/C15H20N6O4S/c1-18-12(16-10-13(18)21(24)25)9-11-14(23)17-15(26-11)20-6-4-19(5-7-20)3-2-8-22/h9-10,22H,2-8H2,1H3/b11-9-. The summed E-state index contributed by atoms with van der Waals surface area (Å²) < 4.78 is 1.33. The average Bonchev–Trinajstić information content (AvgIpc) is 3.17. The molecule has 1 aromatic heterocycles. The van der Waals surface area contributed by atoms with E-state index in [1.807, 2.05) is 0 Å². The summed E-state index contributed by atoms with van der Waals surface area (Å²) >= 11 is 1.27. The molecule has 1 N–H and O–H groups in total. The van der Waals surface area contributed by atoms with Crippen LogP contribution in [0.2, 0.25) is 0 Å². The SMILES string of the molecule is Cn1c([N+](=O)[O-])cnc1/C=C1\SC(N2CCN(CCCO)CC2)=NC1=O. The lowest BCUT2D eigenvalue weighted by Gasteiger charge is -2.35. The maximum Gasteiger partial charge on any atom is 0.342 e. The predicted molar refractivity (Wildman–Crippen MR) is 97.6 cm³/mol. The number of amides is 1. The molecule has 2 aliphatic rings. The van der Waals surface area contributed by atoms with E-state index in [-0.39, 0.29) is 18.3 Å². The van der Waals surface area contributed by atoms with Crippen LogP contribution in [0.25, 0.3) is 6.08 Å². The Bertz CT molecular complexity index is 766. The van der Waals surface area contributed by atoms with Gasteiger partial charge in [-0.3, -0.25) is 9.69 Å². The van der Waals surface area contributed by atoms with Gasteiger partial charge in [0.2, 0.25) is 5.82 Å². The zero-order valence-electron chi connectivity index (χ0n) is 14.4. The fourth-order valence-electron chi connectivity index (χ4n) is 2.83. The van der Waals surface area contributed by atoms with Crippen molar-refractivity contribution in [3.05, 3.63) is 27.0 Å². The Hall–Kier alpha value is -2.24. The summed E-state index contributed by atoms with van der Waals surface area (Å²) in [6.45, 7) is 4.32. The minimum absolute atomic E-state index is 0.132. The molecule has 0 aromatic carbocycles. The van der Waals surface area contributed by atoms with Crippen LogP contribution in [-0.4, -0.2) is 79.8 Å². The van der Waals surface area contributed by atoms with E-state index in [2.05, 4.69) is 19.8 Å². The van der Waals surface area contributed by atoms with Crippen LogP contribution in [0, 0.1) is 10.1 Å². The zero-order valence-corrected chi connectivity index (χ0v) is 15.2. The van der Waals surface area contributed by atoms with Crippen molar-refractivity contribution in [1.29, 1.82) is 0 Å². The highest BCUT2D eigenvalue weighted by molar-refractivity contribution is 8.18. The van der Waals surface area contributed by atoms with Gasteiger partial charge < -0.3 is 20.1 Å². The van der Waals surface area contributed by atoms with Gasteiger partial charge in [-0.25, -0.2) is 9.55 Å². The molecule has 0 saturated carbocycles. The number of imidazole rings is 1. The molecule has 10 nitrogen and oxygen atoms in total. The van der Waals surface area contributed by atoms with Crippen LogP contribution in [0.15, 0.2) is 16.1 Å². The normalized spacial score (nSPS) is 20.1. The fraction of sp³-hybridized carbons (Fsp3) is 0.533. The number of aliphatic hydroxyl groups is 1. The number of thioether (sulfide) groups is 1. The van der Waals surface area contributed by atoms with Gasteiger partial charge in [0.1, 0.15) is 6.20 Å². The third-order valence-corrected chi connectivity index (χ3v) is 5.38. The van der Waals surface area contributed by atoms with Gasteiger partial charge in [0, 0.05) is 45.4 Å². The van der Waals surface area contributed by atoms with Crippen LogP contribution < -0.4 is 0 Å². The van der Waals surface area contributed by atoms with Crippen LogP contribution in [0.3, 0.4) is 0 Å². The minimum atomic E-state index is -0.517. The van der Waals surface area contributed by atoms with Crippen LogP contribution in [0.4, 0.5) is 5.82 Å². The lowest BCUT2D eigenvalue weighted by molar-refractivity contribution is -0.391. The van der Waals surface area contributed by atoms with E-state index < -0.39 is 4.92 Å². The second-order valence-corrected chi connectivity index (χ2v) is 7.02. The number of hydrogen-bond donors (Lipinski definition) is 1. The molecule has 140 valence electrons. The largest absolute Gasteiger partial charge is 0.396 e. The number of aromatic nitrogens is 2. The van der Waals surface area contributed by atoms with Crippen molar-refractivity contribution in [2.75, 3.05) is 39.3 Å². The van der Waals surface area contributed by atoms with E-state index >= 15 is 0 Å². The number of aliphatic hydroxyl groups excluding tert-OH is 1. The lowest BCUT2D eigenvalue weighted by atomic mass is 10.3. The number of aliphatic imine (C=N–C) groups is 1. The number of piperazine rings is 1. The van der Waals surface area contributed by atoms with Gasteiger partial charge >= 0.3 is 5.82 Å². The minimum Gasteiger partial charge on any atom is -0.396 e. The molecule has 1 aromatic rings. The first-order chi connectivity index (χ1) is 12.5. The Kier molecular flexibility index (Phi) is 5.69. The van der Waals surface area contributed by atoms with Gasteiger partial charge in [0.25, 0.3) is 5.91 Å². The molecule has 0 spiro atoms. The number of carbonyl (C=O) groups is 1. The molecular weight excluding hydrogens is 360 g/mol. The molecule has 1 fully saturated rings. The van der Waals surface area contributed by atoms with E-state index in [0.29, 0.717) is 15.9 Å². The van der Waals surface area contributed by atoms with E-state index in [4.69, 9.17) is 5.11 Å². The Morgan fingerprint density at radius 1 is 1.38 bits per heavy atom. The summed E-state index contributed by atoms with van der Waals surface area (Å²) in [5.74, 6) is -0.136. The van der Waals surface area contributed by atoms with Gasteiger partial charge in [-0.15, -0.1) is 0 Å². The maximum atomic E-state index is 12.2. The Labute approximate surface area is 154 Å². The zero-order chi connectivity index (χ0) is 18.7. The molecule has 0 atom stereocenters. The highest BCUT2D eigenvalue weighted by Crippen LogP contribution is 2.30. The average molecular weight is 380 g/mol. The van der Waals surface area contributed by atoms with Gasteiger partial charge in [-0.05, 0) is 23.1 Å². The molecule has 0 bridgehead atoms. The highest BCUT2D eigenvalue weighted by Gasteiger charge is 2.29. The van der Waals surface area contributed by atoms with Gasteiger partial charge in [0.15, 0.2) is 5.17 Å². The van der Waals surface area contributed by atoms with E-state index in [1.165, 1.54) is 35.6 Å². The van der Waals surface area contributed by atoms with Crippen molar-refractivity contribution in [3.8, 4) is 0 Å². The van der Waals surface area contributed by atoms with E-state index in [0.717, 1.165) is 39.1 Å². The van der Waals surface area contributed by atoms with Gasteiger partial charge in [-0.2, -0.15) is 4.99 Å². The van der Waals surface area contributed by atoms with E-state index in [9.17, 15) is 14.9 Å². The Morgan fingerprint density at radius 2 is 2.12 bits per heavy atom. The number of amidine groups is 1. The third kappa shape index (κ3) is 3.94. The fourth-order valence-corrected chi connectivity index (χ4v) is 3.76. The van der Waals surface area contributed by atoms with E-state index in [1.54, 1.807) is 0 Å². The van der Waals surface area contributed by atoms with Gasteiger partial charge in [0.05, 0.1) is 12.0 Å². The summed E-state index contributed by atoms with van der Waals surface area (Å²) in [5.41, 5.74) is 0. The topological polar surface area (TPSA) is 117 Å². The van der Waals surface area contributed by atoms with Crippen molar-refractivity contribution in [2.24, 2.45) is 12.0 Å². The van der Waals surface area contributed by atoms with Crippen LogP contribution in [0.1, 0.15) is 12.2 Å². The summed E-state index contributed by atoms with van der Waals surface area (Å²) in [7, 11) is 1.54. The molecule has 26 heavy (non-hydrogen) atoms. The monoisotopic (exact) mass is 380 g/mol. The first-order valence-electron chi connectivity index (χ1n) is 8.26. The Morgan fingerprint density at radius 3 is 2.73 bits per heavy atom. The molecular formula is C15H20N6O4S. The molecule has 11 heteroatoms. The van der Waals surface area contributed by atoms with Crippen LogP contribution in [-0.2, 0) is 11.8 Å². The number of nitrogens with zero attached hydrogens (tertiary/aromatic N) is 6. The number of nitro groups is 1. The molecule has 3 heterocycles. The molecule has 0 unspecified atom stereocenters. The maximum absolute atomic E-state index is 12.2. The van der Waals surface area contributed by atoms with Crippen molar-refractivity contribution >= 4 is 34.7 Å². The summed E-state index contributed by atoms with van der Waals surface area (Å²) in [6.07, 6.45) is 3.47. The van der Waals surface area contributed by atoms with Crippen molar-refractivity contribution < 1.29 is 14.8 Å². The quantitative estimate of drug-likeness (QED) is 0.440. The summed E-state index contributed by atoms with van der Waals surface area (Å²) in [6, 6.07) is 0. The van der Waals surface area contributed by atoms with Crippen molar-refractivity contribution in [3.63, 3.8) is 0 Å². The molecule has 2 aliphatic heterocycles. The molecule has 0 radical (unpaired) electrons. The van der Waals surface area contributed by atoms with Crippen LogP contribution >= 0.6 is 11.8 Å². The molecule has 1 saturated heterocycles. The highest BCUT2D eigenvalue weighted by atomic mass is 32.2. The first kappa shape index (κ1) is 18.5. The smallest absolute Gasteiger partial charge is 0.342 e. The second-order valence-electron chi connectivity index (χ2n) is 6.01. The van der Waals surface area contributed by atoms with Crippen molar-refractivity contribution in [2.45, 2.75) is 6.42 Å². The Balaban J connectivity index is 1.63. The summed E-state index contributed by atoms with van der Waals surface area (Å²) in [4.78, 5) is 35.4. The number of hydrogen-bond acceptors (Lipinski definition) is 8. The van der Waals surface area contributed by atoms with Crippen molar-refractivity contribution in [1.82, 2.24) is 19.4 Å². The molecule has 3 rings (SSSR count). The predicted octanol–water partition coefficient (Wildman–Crippen LogP) is 0.299. The first-order valence-corrected chi connectivity index (χ1v) is 9.08. The molecule has 0 aliphatic carbocycles. The van der Waals surface area contributed by atoms with Crippen LogP contribution in [0.5, 0.6) is 0 Å². The second kappa shape index (κ2) is 7.98. The number of carbonyl (C=O) groups excluding carboxylic acids is 1. The lowest BCUT2D eigenvalue weighted by Crippen LogP contribution is -2.48. The third-order valence-electron chi connectivity index (χ3n) is 4.33.